The van der Waals surface area contributed by atoms with E-state index in [-0.39, 0.29) is 12.8 Å². The molecule has 0 radical (unpaired) electrons. The number of nitrogens with zero attached hydrogens (tertiary/aromatic N) is 2. The molecular formula is C15H17N3O2S. The second-order valence-corrected chi connectivity index (χ2v) is 5.72. The molecule has 0 spiro atoms. The molecule has 0 fully saturated rings. The molecule has 0 saturated carbocycles. The van der Waals surface area contributed by atoms with Crippen LogP contribution in [0.5, 0.6) is 11.5 Å². The molecule has 2 aromatic rings. The first kappa shape index (κ1) is 13.9. The second-order valence-electron chi connectivity index (χ2n) is 5.19. The normalized spacial score (nSPS) is 14.2. The van der Waals surface area contributed by atoms with Crippen LogP contribution in [-0.2, 0) is 0 Å². The quantitative estimate of drug-likeness (QED) is 0.876. The van der Waals surface area contributed by atoms with Crippen LogP contribution in [0.2, 0.25) is 0 Å². The predicted octanol–water partition coefficient (Wildman–Crippen LogP) is 2.46. The van der Waals surface area contributed by atoms with Gasteiger partial charge < -0.3 is 20.1 Å². The molecule has 1 aromatic carbocycles. The number of aromatic nitrogens is 1. The van der Waals surface area contributed by atoms with Crippen molar-refractivity contribution in [1.29, 1.82) is 0 Å². The molecule has 2 N–H and O–H groups in total. The zero-order chi connectivity index (χ0) is 15.0. The van der Waals surface area contributed by atoms with E-state index in [4.69, 9.17) is 27.4 Å². The fraction of sp³-hybridized carbons (Fsp3) is 0.333. The molecule has 21 heavy (non-hydrogen) atoms. The molecule has 2 heterocycles. The van der Waals surface area contributed by atoms with Crippen LogP contribution in [0.15, 0.2) is 24.4 Å². The third-order valence-corrected chi connectivity index (χ3v) is 3.90. The van der Waals surface area contributed by atoms with E-state index in [1.54, 1.807) is 6.20 Å². The molecule has 1 aliphatic rings. The Labute approximate surface area is 128 Å². The van der Waals surface area contributed by atoms with Crippen LogP contribution < -0.4 is 20.1 Å². The minimum Gasteiger partial charge on any atom is -0.454 e. The topological polar surface area (TPSA) is 60.6 Å². The van der Waals surface area contributed by atoms with Gasteiger partial charge in [-0.25, -0.2) is 4.98 Å². The highest BCUT2D eigenvalue weighted by molar-refractivity contribution is 7.80. The molecule has 5 nitrogen and oxygen atoms in total. The van der Waals surface area contributed by atoms with Gasteiger partial charge in [0.2, 0.25) is 6.79 Å². The number of thiocarbonyl (C=S) groups is 1. The number of fused-ring (bicyclic) bond motifs is 2. The molecule has 1 atom stereocenters. The van der Waals surface area contributed by atoms with Crippen molar-refractivity contribution in [3.05, 3.63) is 24.4 Å². The number of ether oxygens (including phenoxy) is 2. The van der Waals surface area contributed by atoms with Crippen LogP contribution in [0, 0.1) is 0 Å². The summed E-state index contributed by atoms with van der Waals surface area (Å²) in [6.45, 7) is 2.34. The van der Waals surface area contributed by atoms with Gasteiger partial charge in [-0.05, 0) is 30.5 Å². The maximum Gasteiger partial charge on any atom is 0.231 e. The molecule has 0 aliphatic carbocycles. The lowest BCUT2D eigenvalue weighted by Crippen LogP contribution is -2.33. The summed E-state index contributed by atoms with van der Waals surface area (Å²) < 4.78 is 10.9. The summed E-state index contributed by atoms with van der Waals surface area (Å²) in [4.78, 5) is 7.10. The first-order chi connectivity index (χ1) is 10.1. The lowest BCUT2D eigenvalue weighted by Gasteiger charge is -2.26. The molecular weight excluding hydrogens is 286 g/mol. The average Bonchev–Trinajstić information content (AvgIpc) is 2.89. The molecule has 0 bridgehead atoms. The Morgan fingerprint density at radius 1 is 1.43 bits per heavy atom. The summed E-state index contributed by atoms with van der Waals surface area (Å²) >= 11 is 5.00. The first-order valence-electron chi connectivity index (χ1n) is 6.76. The highest BCUT2D eigenvalue weighted by Crippen LogP contribution is 2.38. The van der Waals surface area contributed by atoms with Crippen molar-refractivity contribution >= 4 is 33.8 Å². The van der Waals surface area contributed by atoms with Gasteiger partial charge in [0.05, 0.1) is 4.99 Å². The molecule has 1 aliphatic heterocycles. The Balaban J connectivity index is 2.04. The van der Waals surface area contributed by atoms with Crippen molar-refractivity contribution in [3.63, 3.8) is 0 Å². The lowest BCUT2D eigenvalue weighted by molar-refractivity contribution is 0.174. The van der Waals surface area contributed by atoms with Gasteiger partial charge in [0.15, 0.2) is 11.5 Å². The zero-order valence-electron chi connectivity index (χ0n) is 12.0. The maximum absolute atomic E-state index is 5.64. The number of nitrogens with two attached hydrogens (primary N) is 1. The maximum atomic E-state index is 5.64. The number of rotatable bonds is 4. The summed E-state index contributed by atoms with van der Waals surface area (Å²) in [5.74, 6) is 2.42. The summed E-state index contributed by atoms with van der Waals surface area (Å²) in [6.07, 6.45) is 2.44. The standard InChI is InChI=1S/C15H17N3O2S/c1-9(5-14(16)21)18(2)15-11-7-13-12(19-8-20-13)6-10(11)3-4-17-15/h3-4,6-7,9H,5,8H2,1-2H3,(H2,16,21). The Morgan fingerprint density at radius 2 is 2.14 bits per heavy atom. The highest BCUT2D eigenvalue weighted by atomic mass is 32.1. The van der Waals surface area contributed by atoms with E-state index in [0.717, 1.165) is 28.1 Å². The summed E-state index contributed by atoms with van der Waals surface area (Å²) in [7, 11) is 2.00. The second kappa shape index (κ2) is 5.37. The monoisotopic (exact) mass is 303 g/mol. The summed E-state index contributed by atoms with van der Waals surface area (Å²) in [6, 6.07) is 6.09. The third-order valence-electron chi connectivity index (χ3n) is 3.73. The minimum atomic E-state index is 0.172. The molecule has 6 heteroatoms. The van der Waals surface area contributed by atoms with E-state index in [0.29, 0.717) is 11.4 Å². The number of benzene rings is 1. The van der Waals surface area contributed by atoms with Crippen molar-refractivity contribution < 1.29 is 9.47 Å². The van der Waals surface area contributed by atoms with Gasteiger partial charge in [-0.3, -0.25) is 0 Å². The van der Waals surface area contributed by atoms with Crippen molar-refractivity contribution in [3.8, 4) is 11.5 Å². The van der Waals surface area contributed by atoms with Gasteiger partial charge in [0.1, 0.15) is 5.82 Å². The Hall–Kier alpha value is -2.08. The number of hydrogen-bond donors (Lipinski definition) is 1. The van der Waals surface area contributed by atoms with Gasteiger partial charge >= 0.3 is 0 Å². The van der Waals surface area contributed by atoms with Crippen LogP contribution in [0.3, 0.4) is 0 Å². The van der Waals surface area contributed by atoms with E-state index < -0.39 is 0 Å². The predicted molar refractivity (Wildman–Crippen MR) is 87.1 cm³/mol. The Morgan fingerprint density at radius 3 is 2.86 bits per heavy atom. The molecule has 110 valence electrons. The van der Waals surface area contributed by atoms with E-state index in [1.165, 1.54) is 0 Å². The largest absolute Gasteiger partial charge is 0.454 e. The zero-order valence-corrected chi connectivity index (χ0v) is 12.8. The van der Waals surface area contributed by atoms with E-state index >= 15 is 0 Å². The summed E-state index contributed by atoms with van der Waals surface area (Å²) in [5.41, 5.74) is 5.64. The van der Waals surface area contributed by atoms with Gasteiger partial charge in [-0.2, -0.15) is 0 Å². The van der Waals surface area contributed by atoms with Crippen LogP contribution in [0.4, 0.5) is 5.82 Å². The minimum absolute atomic E-state index is 0.172. The Kier molecular flexibility index (Phi) is 3.55. The Bertz CT molecular complexity index is 705. The van der Waals surface area contributed by atoms with Crippen molar-refractivity contribution in [1.82, 2.24) is 4.98 Å². The number of anilines is 1. The number of pyridine rings is 1. The third kappa shape index (κ3) is 2.58. The molecule has 1 unspecified atom stereocenters. The van der Waals surface area contributed by atoms with Crippen LogP contribution in [0.25, 0.3) is 10.8 Å². The van der Waals surface area contributed by atoms with E-state index in [1.807, 2.05) is 25.2 Å². The van der Waals surface area contributed by atoms with E-state index in [2.05, 4.69) is 16.8 Å². The highest BCUT2D eigenvalue weighted by Gasteiger charge is 2.19. The fourth-order valence-corrected chi connectivity index (χ4v) is 2.71. The van der Waals surface area contributed by atoms with Crippen molar-refractivity contribution in [2.24, 2.45) is 5.73 Å². The average molecular weight is 303 g/mol. The smallest absolute Gasteiger partial charge is 0.231 e. The van der Waals surface area contributed by atoms with Gasteiger partial charge in [0, 0.05) is 31.1 Å². The van der Waals surface area contributed by atoms with Crippen LogP contribution >= 0.6 is 12.2 Å². The fourth-order valence-electron chi connectivity index (χ4n) is 2.46. The van der Waals surface area contributed by atoms with Gasteiger partial charge in [-0.1, -0.05) is 12.2 Å². The van der Waals surface area contributed by atoms with Gasteiger partial charge in [-0.15, -0.1) is 0 Å². The van der Waals surface area contributed by atoms with E-state index in [9.17, 15) is 0 Å². The van der Waals surface area contributed by atoms with Gasteiger partial charge in [0.25, 0.3) is 0 Å². The lowest BCUT2D eigenvalue weighted by atomic mass is 10.1. The molecule has 3 rings (SSSR count). The molecule has 0 amide bonds. The van der Waals surface area contributed by atoms with Crippen LogP contribution in [-0.4, -0.2) is 29.9 Å². The molecule has 0 saturated heterocycles. The summed E-state index contributed by atoms with van der Waals surface area (Å²) in [5, 5.41) is 2.10. The van der Waals surface area contributed by atoms with Crippen LogP contribution in [0.1, 0.15) is 13.3 Å². The van der Waals surface area contributed by atoms with Crippen molar-refractivity contribution in [2.75, 3.05) is 18.7 Å². The number of hydrogen-bond acceptors (Lipinski definition) is 5. The van der Waals surface area contributed by atoms with Crippen molar-refractivity contribution in [2.45, 2.75) is 19.4 Å². The first-order valence-corrected chi connectivity index (χ1v) is 7.16. The molecule has 1 aromatic heterocycles. The SMILES string of the molecule is CC(CC(N)=S)N(C)c1nccc2cc3c(cc12)OCO3.